The maximum atomic E-state index is 13.5. The summed E-state index contributed by atoms with van der Waals surface area (Å²) in [6.07, 6.45) is 7.30. The third kappa shape index (κ3) is 6.08. The summed E-state index contributed by atoms with van der Waals surface area (Å²) < 4.78 is 0. The molecular formula is C26H28N4O3S. The molecule has 3 amide bonds. The standard InChI is InChI=1S/C26H28N4O3S/c31-23(17-28-25(32)22-11-6-16-34-22)30(18-19-7-2-1-3-8-19)24(20-12-14-27-15-13-20)26(33)29-21-9-4-5-10-21/h1-3,6-8,11-16,21,24H,4-5,9-10,17-18H2,(H,28,32)(H,29,33). The van der Waals surface area contributed by atoms with Crippen LogP contribution in [-0.4, -0.2) is 40.2 Å². The van der Waals surface area contributed by atoms with Crippen molar-refractivity contribution < 1.29 is 14.4 Å². The van der Waals surface area contributed by atoms with Crippen LogP contribution in [0.2, 0.25) is 0 Å². The molecule has 1 saturated carbocycles. The van der Waals surface area contributed by atoms with E-state index in [0.29, 0.717) is 10.4 Å². The van der Waals surface area contributed by atoms with Gasteiger partial charge in [-0.05, 0) is 47.5 Å². The van der Waals surface area contributed by atoms with E-state index in [0.717, 1.165) is 31.2 Å². The van der Waals surface area contributed by atoms with Gasteiger partial charge in [-0.2, -0.15) is 0 Å². The molecule has 3 aromatic rings. The van der Waals surface area contributed by atoms with Crippen LogP contribution in [0.3, 0.4) is 0 Å². The van der Waals surface area contributed by atoms with Gasteiger partial charge in [0.15, 0.2) is 0 Å². The second-order valence-corrected chi connectivity index (χ2v) is 9.29. The fourth-order valence-corrected chi connectivity index (χ4v) is 4.86. The third-order valence-corrected chi connectivity index (χ3v) is 6.81. The van der Waals surface area contributed by atoms with E-state index >= 15 is 0 Å². The van der Waals surface area contributed by atoms with Crippen LogP contribution in [0, 0.1) is 0 Å². The molecule has 7 nitrogen and oxygen atoms in total. The molecule has 1 atom stereocenters. The van der Waals surface area contributed by atoms with E-state index in [1.165, 1.54) is 11.3 Å². The van der Waals surface area contributed by atoms with Crippen molar-refractivity contribution in [3.05, 3.63) is 88.4 Å². The average Bonchev–Trinajstić information content (AvgIpc) is 3.58. The molecule has 0 saturated heterocycles. The number of carbonyl (C=O) groups excluding carboxylic acids is 3. The predicted octanol–water partition coefficient (Wildman–Crippen LogP) is 3.70. The number of aromatic nitrogens is 1. The average molecular weight is 477 g/mol. The largest absolute Gasteiger partial charge is 0.351 e. The van der Waals surface area contributed by atoms with E-state index in [9.17, 15) is 14.4 Å². The van der Waals surface area contributed by atoms with Gasteiger partial charge in [-0.1, -0.05) is 49.2 Å². The van der Waals surface area contributed by atoms with Gasteiger partial charge in [0.05, 0.1) is 11.4 Å². The van der Waals surface area contributed by atoms with Crippen LogP contribution in [0.15, 0.2) is 72.4 Å². The molecule has 0 bridgehead atoms. The van der Waals surface area contributed by atoms with Crippen LogP contribution in [0.25, 0.3) is 0 Å². The van der Waals surface area contributed by atoms with Gasteiger partial charge in [-0.25, -0.2) is 0 Å². The Hall–Kier alpha value is -3.52. The summed E-state index contributed by atoms with van der Waals surface area (Å²) in [6, 6.07) is 15.8. The molecule has 0 aliphatic heterocycles. The number of nitrogens with one attached hydrogen (secondary N) is 2. The maximum Gasteiger partial charge on any atom is 0.261 e. The Balaban J connectivity index is 1.60. The van der Waals surface area contributed by atoms with Crippen molar-refractivity contribution >= 4 is 29.1 Å². The van der Waals surface area contributed by atoms with Gasteiger partial charge in [-0.3, -0.25) is 19.4 Å². The van der Waals surface area contributed by atoms with E-state index in [4.69, 9.17) is 0 Å². The Morgan fingerprint density at radius 3 is 2.41 bits per heavy atom. The summed E-state index contributed by atoms with van der Waals surface area (Å²) in [4.78, 5) is 45.6. The summed E-state index contributed by atoms with van der Waals surface area (Å²) in [5.41, 5.74) is 1.58. The van der Waals surface area contributed by atoms with Crippen molar-refractivity contribution in [2.45, 2.75) is 44.3 Å². The van der Waals surface area contributed by atoms with Crippen molar-refractivity contribution in [3.63, 3.8) is 0 Å². The van der Waals surface area contributed by atoms with Crippen LogP contribution in [0.5, 0.6) is 0 Å². The highest BCUT2D eigenvalue weighted by Gasteiger charge is 2.33. The Morgan fingerprint density at radius 1 is 1.00 bits per heavy atom. The number of benzene rings is 1. The van der Waals surface area contributed by atoms with Gasteiger partial charge in [-0.15, -0.1) is 11.3 Å². The summed E-state index contributed by atoms with van der Waals surface area (Å²) in [5.74, 6) is -0.858. The highest BCUT2D eigenvalue weighted by molar-refractivity contribution is 7.12. The fraction of sp³-hybridized carbons (Fsp3) is 0.308. The molecule has 8 heteroatoms. The van der Waals surface area contributed by atoms with E-state index < -0.39 is 6.04 Å². The fourth-order valence-electron chi connectivity index (χ4n) is 4.22. The van der Waals surface area contributed by atoms with Gasteiger partial charge in [0, 0.05) is 25.0 Å². The first-order valence-electron chi connectivity index (χ1n) is 11.5. The third-order valence-electron chi connectivity index (χ3n) is 5.94. The molecule has 2 heterocycles. The molecule has 1 aliphatic carbocycles. The Labute approximate surface area is 203 Å². The van der Waals surface area contributed by atoms with Gasteiger partial charge in [0.2, 0.25) is 11.8 Å². The Bertz CT molecular complexity index is 1080. The first-order chi connectivity index (χ1) is 16.6. The number of thiophene rings is 1. The number of pyridine rings is 1. The normalized spacial score (nSPS) is 14.4. The zero-order valence-electron chi connectivity index (χ0n) is 18.9. The first-order valence-corrected chi connectivity index (χ1v) is 12.3. The number of amides is 3. The lowest BCUT2D eigenvalue weighted by Gasteiger charge is -2.32. The van der Waals surface area contributed by atoms with E-state index in [-0.39, 0.29) is 36.9 Å². The lowest BCUT2D eigenvalue weighted by molar-refractivity contribution is -0.141. The summed E-state index contributed by atoms with van der Waals surface area (Å²) >= 11 is 1.31. The number of nitrogens with zero attached hydrogens (tertiary/aromatic N) is 2. The van der Waals surface area contributed by atoms with Crippen molar-refractivity contribution in [1.29, 1.82) is 0 Å². The molecule has 2 N–H and O–H groups in total. The van der Waals surface area contributed by atoms with Crippen LogP contribution in [0.1, 0.15) is 52.5 Å². The Kier molecular flexibility index (Phi) is 8.04. The number of rotatable bonds is 9. The van der Waals surface area contributed by atoms with Crippen LogP contribution in [0.4, 0.5) is 0 Å². The van der Waals surface area contributed by atoms with Crippen LogP contribution in [-0.2, 0) is 16.1 Å². The molecule has 1 aromatic carbocycles. The maximum absolute atomic E-state index is 13.5. The zero-order chi connectivity index (χ0) is 23.8. The molecule has 34 heavy (non-hydrogen) atoms. The lowest BCUT2D eigenvalue weighted by atomic mass is 10.0. The molecule has 0 spiro atoms. The smallest absolute Gasteiger partial charge is 0.261 e. The minimum atomic E-state index is -0.838. The zero-order valence-corrected chi connectivity index (χ0v) is 19.7. The topological polar surface area (TPSA) is 91.4 Å². The molecule has 4 rings (SSSR count). The minimum absolute atomic E-state index is 0.115. The summed E-state index contributed by atoms with van der Waals surface area (Å²) in [7, 11) is 0. The van der Waals surface area contributed by atoms with Gasteiger partial charge >= 0.3 is 0 Å². The van der Waals surface area contributed by atoms with Gasteiger partial charge in [0.25, 0.3) is 5.91 Å². The van der Waals surface area contributed by atoms with Gasteiger partial charge in [0.1, 0.15) is 6.04 Å². The minimum Gasteiger partial charge on any atom is -0.351 e. The van der Waals surface area contributed by atoms with Gasteiger partial charge < -0.3 is 15.5 Å². The molecule has 176 valence electrons. The lowest BCUT2D eigenvalue weighted by Crippen LogP contribution is -2.48. The first kappa shape index (κ1) is 23.6. The van der Waals surface area contributed by atoms with Crippen molar-refractivity contribution in [2.75, 3.05) is 6.54 Å². The van der Waals surface area contributed by atoms with Crippen LogP contribution >= 0.6 is 11.3 Å². The SMILES string of the molecule is O=C(NCC(=O)N(Cc1ccccc1)C(C(=O)NC1CCCC1)c1ccncc1)c1cccs1. The molecular weight excluding hydrogens is 448 g/mol. The highest BCUT2D eigenvalue weighted by atomic mass is 32.1. The number of hydrogen-bond donors (Lipinski definition) is 2. The summed E-state index contributed by atoms with van der Waals surface area (Å²) in [5, 5.41) is 7.66. The molecule has 0 radical (unpaired) electrons. The van der Waals surface area contributed by atoms with E-state index in [2.05, 4.69) is 15.6 Å². The quantitative estimate of drug-likeness (QED) is 0.493. The monoisotopic (exact) mass is 476 g/mol. The summed E-state index contributed by atoms with van der Waals surface area (Å²) in [6.45, 7) is 0.0292. The van der Waals surface area contributed by atoms with Crippen LogP contribution < -0.4 is 10.6 Å². The second kappa shape index (κ2) is 11.6. The van der Waals surface area contributed by atoms with Crippen molar-refractivity contribution in [2.24, 2.45) is 0 Å². The second-order valence-electron chi connectivity index (χ2n) is 8.34. The highest BCUT2D eigenvalue weighted by Crippen LogP contribution is 2.25. The molecule has 2 aromatic heterocycles. The molecule has 1 aliphatic rings. The van der Waals surface area contributed by atoms with E-state index in [1.54, 1.807) is 41.6 Å². The van der Waals surface area contributed by atoms with E-state index in [1.807, 2.05) is 35.7 Å². The predicted molar refractivity (Wildman–Crippen MR) is 131 cm³/mol. The Morgan fingerprint density at radius 2 is 1.74 bits per heavy atom. The number of hydrogen-bond acceptors (Lipinski definition) is 5. The molecule has 1 unspecified atom stereocenters. The molecule has 1 fully saturated rings. The van der Waals surface area contributed by atoms with Crippen molar-refractivity contribution in [3.8, 4) is 0 Å². The van der Waals surface area contributed by atoms with Crippen molar-refractivity contribution in [1.82, 2.24) is 20.5 Å². The number of carbonyl (C=O) groups is 3.